The first-order chi connectivity index (χ1) is 19.1. The molecule has 7 nitrogen and oxygen atoms in total. The normalized spacial score (nSPS) is 22.4. The highest BCUT2D eigenvalue weighted by Crippen LogP contribution is 2.52. The molecule has 3 atom stereocenters. The largest absolute Gasteiger partial charge is 0.292 e. The van der Waals surface area contributed by atoms with E-state index < -0.39 is 26.3 Å². The number of aryl methyl sites for hydroxylation is 2. The first-order valence-corrected chi connectivity index (χ1v) is 14.8. The van der Waals surface area contributed by atoms with Crippen LogP contribution in [0.15, 0.2) is 65.7 Å². The topological polar surface area (TPSA) is 94.8 Å². The van der Waals surface area contributed by atoms with Gasteiger partial charge in [0.2, 0.25) is 0 Å². The molecule has 1 fully saturated rings. The number of Topliss-reactive ketones (excluding diaryl/α,β-unsaturated/α-hetero) is 1. The summed E-state index contributed by atoms with van der Waals surface area (Å²) < 4.78 is 57.2. The monoisotopic (exact) mass is 562 g/mol. The Bertz CT molecular complexity index is 1740. The second-order valence-corrected chi connectivity index (χ2v) is 13.2. The number of benzene rings is 2. The van der Waals surface area contributed by atoms with Crippen LogP contribution in [0.2, 0.25) is 0 Å². The maximum Gasteiger partial charge on any atom is 0.188 e. The van der Waals surface area contributed by atoms with Gasteiger partial charge in [-0.05, 0) is 105 Å². The molecule has 0 spiro atoms. The second-order valence-electron chi connectivity index (χ2n) is 11.0. The summed E-state index contributed by atoms with van der Waals surface area (Å²) in [4.78, 5) is 18.6. The first-order valence-electron chi connectivity index (χ1n) is 13.3. The summed E-state index contributed by atoms with van der Waals surface area (Å²) in [5.41, 5.74) is 2.56. The fourth-order valence-corrected chi connectivity index (χ4v) is 8.20. The minimum absolute atomic E-state index is 0.0749. The van der Waals surface area contributed by atoms with Crippen LogP contribution < -0.4 is 0 Å². The highest BCUT2D eigenvalue weighted by Gasteiger charge is 2.55. The molecule has 0 saturated heterocycles. The third kappa shape index (κ3) is 4.34. The molecule has 0 aliphatic heterocycles. The molecule has 4 aromatic rings. The molecule has 6 rings (SSSR count). The second kappa shape index (κ2) is 9.69. The van der Waals surface area contributed by atoms with Crippen molar-refractivity contribution in [2.24, 2.45) is 11.3 Å². The zero-order valence-electron chi connectivity index (χ0n) is 22.1. The van der Waals surface area contributed by atoms with Crippen molar-refractivity contribution in [2.45, 2.75) is 56.1 Å². The molecular formula is C30H28F2N4O3S. The number of aromatic nitrogens is 4. The van der Waals surface area contributed by atoms with Crippen molar-refractivity contribution in [3.05, 3.63) is 101 Å². The fourth-order valence-electron chi connectivity index (χ4n) is 6.33. The van der Waals surface area contributed by atoms with Crippen molar-refractivity contribution < 1.29 is 22.0 Å². The maximum atomic E-state index is 14.4. The fraction of sp³-hybridized carbons (Fsp3) is 0.333. The number of sulfone groups is 1. The lowest BCUT2D eigenvalue weighted by atomic mass is 9.57. The van der Waals surface area contributed by atoms with Crippen LogP contribution in [0, 0.1) is 36.8 Å². The summed E-state index contributed by atoms with van der Waals surface area (Å²) in [6.45, 7) is 3.46. The van der Waals surface area contributed by atoms with Crippen LogP contribution in [0.5, 0.6) is 0 Å². The Labute approximate surface area is 231 Å². The maximum absolute atomic E-state index is 14.4. The van der Waals surface area contributed by atoms with E-state index in [1.54, 1.807) is 42.1 Å². The minimum Gasteiger partial charge on any atom is -0.292 e. The van der Waals surface area contributed by atoms with Crippen molar-refractivity contribution in [1.29, 1.82) is 0 Å². The number of nitrogens with zero attached hydrogens (tertiary/aromatic N) is 4. The highest BCUT2D eigenvalue weighted by atomic mass is 32.2. The molecule has 0 amide bonds. The Balaban J connectivity index is 1.43. The molecule has 40 heavy (non-hydrogen) atoms. The lowest BCUT2D eigenvalue weighted by Crippen LogP contribution is -2.51. The zero-order valence-corrected chi connectivity index (χ0v) is 23.0. The number of pyridine rings is 1. The van der Waals surface area contributed by atoms with E-state index >= 15 is 0 Å². The van der Waals surface area contributed by atoms with Crippen LogP contribution in [0.3, 0.4) is 0 Å². The Morgan fingerprint density at radius 1 is 1.02 bits per heavy atom. The molecule has 10 heteroatoms. The predicted octanol–water partition coefficient (Wildman–Crippen LogP) is 5.17. The molecule has 0 radical (unpaired) electrons. The van der Waals surface area contributed by atoms with E-state index in [0.717, 1.165) is 17.3 Å². The van der Waals surface area contributed by atoms with Gasteiger partial charge in [-0.25, -0.2) is 21.9 Å². The third-order valence-electron chi connectivity index (χ3n) is 8.56. The smallest absolute Gasteiger partial charge is 0.188 e. The highest BCUT2D eigenvalue weighted by molar-refractivity contribution is 7.92. The summed E-state index contributed by atoms with van der Waals surface area (Å²) in [5, 5.41) is 7.86. The van der Waals surface area contributed by atoms with Gasteiger partial charge in [-0.3, -0.25) is 9.78 Å². The number of carbonyl (C=O) groups is 1. The average Bonchev–Trinajstić information content (AvgIpc) is 3.35. The molecule has 2 aromatic carbocycles. The molecular weight excluding hydrogens is 534 g/mol. The number of halogens is 2. The Morgan fingerprint density at radius 3 is 2.52 bits per heavy atom. The Morgan fingerprint density at radius 2 is 1.80 bits per heavy atom. The Kier molecular flexibility index (Phi) is 6.40. The van der Waals surface area contributed by atoms with E-state index in [1.165, 1.54) is 24.3 Å². The van der Waals surface area contributed by atoms with E-state index in [1.807, 2.05) is 6.92 Å². The number of hydrogen-bond donors (Lipinski definition) is 0. The van der Waals surface area contributed by atoms with Crippen LogP contribution in [-0.2, 0) is 22.7 Å². The van der Waals surface area contributed by atoms with Gasteiger partial charge < -0.3 is 0 Å². The number of hydrogen-bond acceptors (Lipinski definition) is 6. The molecule has 2 aliphatic rings. The lowest BCUT2D eigenvalue weighted by Gasteiger charge is -2.47. The molecule has 206 valence electrons. The van der Waals surface area contributed by atoms with Crippen molar-refractivity contribution in [3.8, 4) is 5.69 Å². The van der Waals surface area contributed by atoms with Crippen LogP contribution >= 0.6 is 0 Å². The molecule has 2 aromatic heterocycles. The van der Waals surface area contributed by atoms with Gasteiger partial charge in [0.05, 0.1) is 27.2 Å². The third-order valence-corrected chi connectivity index (χ3v) is 10.7. The van der Waals surface area contributed by atoms with Gasteiger partial charge in [-0.2, -0.15) is 0 Å². The molecule has 2 aliphatic carbocycles. The zero-order chi connectivity index (χ0) is 28.2. The Hall–Kier alpha value is -3.79. The summed E-state index contributed by atoms with van der Waals surface area (Å²) in [6.07, 6.45) is 3.14. The van der Waals surface area contributed by atoms with Gasteiger partial charge >= 0.3 is 0 Å². The summed E-state index contributed by atoms with van der Waals surface area (Å²) in [7, 11) is -3.92. The standard InChI is InChI=1S/C30H28F2N4O3S/c1-18-11-12-33-26(13-18)29(37)30-16-24(40(38,39)23-9-3-19(2)25(32)15-23)10-4-20(30)14-28-27(17-30)34-35-36(28)22-7-5-21(31)6-8-22/h3,5-9,11-13,15,20,24H,4,10,14,16-17H2,1-2H3/t20?,24-,30+/m0/s1. The van der Waals surface area contributed by atoms with Gasteiger partial charge in [-0.1, -0.05) is 11.3 Å². The van der Waals surface area contributed by atoms with Crippen LogP contribution in [-0.4, -0.2) is 39.4 Å². The minimum atomic E-state index is -3.92. The number of ketones is 1. The van der Waals surface area contributed by atoms with E-state index in [-0.39, 0.29) is 35.3 Å². The van der Waals surface area contributed by atoms with Gasteiger partial charge in [0.15, 0.2) is 15.6 Å². The predicted molar refractivity (Wildman–Crippen MR) is 144 cm³/mol. The quantitative estimate of drug-likeness (QED) is 0.312. The van der Waals surface area contributed by atoms with Crippen LogP contribution in [0.25, 0.3) is 5.69 Å². The van der Waals surface area contributed by atoms with E-state index in [4.69, 9.17) is 0 Å². The number of carbonyl (C=O) groups excluding carboxylic acids is 1. The summed E-state index contributed by atoms with van der Waals surface area (Å²) in [5.74, 6) is -1.34. The van der Waals surface area contributed by atoms with E-state index in [9.17, 15) is 22.0 Å². The van der Waals surface area contributed by atoms with Crippen molar-refractivity contribution in [2.75, 3.05) is 0 Å². The van der Waals surface area contributed by atoms with Crippen LogP contribution in [0.1, 0.15) is 52.3 Å². The summed E-state index contributed by atoms with van der Waals surface area (Å²) >= 11 is 0. The van der Waals surface area contributed by atoms with Crippen molar-refractivity contribution in [3.63, 3.8) is 0 Å². The van der Waals surface area contributed by atoms with Gasteiger partial charge in [0.25, 0.3) is 0 Å². The summed E-state index contributed by atoms with van der Waals surface area (Å²) in [6, 6.07) is 13.5. The van der Waals surface area contributed by atoms with Gasteiger partial charge in [0, 0.05) is 18.0 Å². The van der Waals surface area contributed by atoms with E-state index in [0.29, 0.717) is 41.9 Å². The van der Waals surface area contributed by atoms with Gasteiger partial charge in [-0.15, -0.1) is 5.10 Å². The number of rotatable bonds is 5. The molecule has 0 bridgehead atoms. The lowest BCUT2D eigenvalue weighted by molar-refractivity contribution is 0.0483. The first kappa shape index (κ1) is 26.4. The molecule has 0 N–H and O–H groups in total. The average molecular weight is 563 g/mol. The van der Waals surface area contributed by atoms with Crippen LogP contribution in [0.4, 0.5) is 8.78 Å². The van der Waals surface area contributed by atoms with Crippen molar-refractivity contribution >= 4 is 15.6 Å². The van der Waals surface area contributed by atoms with Crippen molar-refractivity contribution in [1.82, 2.24) is 20.0 Å². The van der Waals surface area contributed by atoms with E-state index in [2.05, 4.69) is 15.3 Å². The molecule has 2 heterocycles. The number of fused-ring (bicyclic) bond motifs is 2. The van der Waals surface area contributed by atoms with Gasteiger partial charge in [0.1, 0.15) is 17.3 Å². The molecule has 1 unspecified atom stereocenters. The SMILES string of the molecule is Cc1ccnc(C(=O)[C@]23Cc4nnn(-c5ccc(F)cc5)c4CC2CC[C@H](S(=O)(=O)c2ccc(C)c(F)c2)C3)c1. The molecule has 1 saturated carbocycles.